The molecule has 0 radical (unpaired) electrons. The van der Waals surface area contributed by atoms with Gasteiger partial charge < -0.3 is 0 Å². The molecule has 0 amide bonds. The Morgan fingerprint density at radius 1 is 1.08 bits per heavy atom. The van der Waals surface area contributed by atoms with Crippen molar-refractivity contribution < 1.29 is 9.59 Å². The van der Waals surface area contributed by atoms with Crippen LogP contribution in [0.2, 0.25) is 0 Å². The fourth-order valence-electron chi connectivity index (χ4n) is 2.11. The van der Waals surface area contributed by atoms with Gasteiger partial charge in [-0.05, 0) is 25.7 Å². The van der Waals surface area contributed by atoms with E-state index in [0.29, 0.717) is 6.42 Å². The fourth-order valence-corrected chi connectivity index (χ4v) is 2.11. The number of hydrogen-bond acceptors (Lipinski definition) is 2. The summed E-state index contributed by atoms with van der Waals surface area (Å²) in [6, 6.07) is 0. The van der Waals surface area contributed by atoms with Gasteiger partial charge >= 0.3 is 0 Å². The van der Waals surface area contributed by atoms with Crippen molar-refractivity contribution in [2.45, 2.75) is 44.9 Å². The third-order valence-corrected chi connectivity index (χ3v) is 3.13. The molecule has 13 heavy (non-hydrogen) atoms. The van der Waals surface area contributed by atoms with Gasteiger partial charge in [0.05, 0.1) is 5.92 Å². The standard InChI is InChI=1S/C11H16O2/c12-10-5-3-1-2-4-9(10)11(13)8-6-7-8/h8-9H,1-7H2. The zero-order valence-electron chi connectivity index (χ0n) is 7.92. The second kappa shape index (κ2) is 3.60. The highest BCUT2D eigenvalue weighted by molar-refractivity contribution is 6.04. The van der Waals surface area contributed by atoms with E-state index in [0.717, 1.165) is 38.5 Å². The molecule has 72 valence electrons. The number of carbonyl (C=O) groups is 2. The highest BCUT2D eigenvalue weighted by Gasteiger charge is 2.37. The van der Waals surface area contributed by atoms with Crippen molar-refractivity contribution in [3.63, 3.8) is 0 Å². The Labute approximate surface area is 78.7 Å². The van der Waals surface area contributed by atoms with Gasteiger partial charge in [-0.25, -0.2) is 0 Å². The van der Waals surface area contributed by atoms with Gasteiger partial charge in [0.15, 0.2) is 0 Å². The van der Waals surface area contributed by atoms with Gasteiger partial charge in [0.2, 0.25) is 0 Å². The van der Waals surface area contributed by atoms with Crippen LogP contribution in [0.5, 0.6) is 0 Å². The van der Waals surface area contributed by atoms with E-state index in [1.807, 2.05) is 0 Å². The van der Waals surface area contributed by atoms with Gasteiger partial charge in [0.1, 0.15) is 11.6 Å². The van der Waals surface area contributed by atoms with Gasteiger partial charge in [0.25, 0.3) is 0 Å². The highest BCUT2D eigenvalue weighted by Crippen LogP contribution is 2.35. The van der Waals surface area contributed by atoms with Gasteiger partial charge in [-0.15, -0.1) is 0 Å². The molecule has 2 nitrogen and oxygen atoms in total. The van der Waals surface area contributed by atoms with Crippen LogP contribution in [-0.2, 0) is 9.59 Å². The normalized spacial score (nSPS) is 29.8. The lowest BCUT2D eigenvalue weighted by Crippen LogP contribution is -2.24. The van der Waals surface area contributed by atoms with Crippen molar-refractivity contribution in [3.05, 3.63) is 0 Å². The molecule has 2 aliphatic carbocycles. The first-order valence-corrected chi connectivity index (χ1v) is 5.35. The molecular formula is C11H16O2. The quantitative estimate of drug-likeness (QED) is 0.482. The summed E-state index contributed by atoms with van der Waals surface area (Å²) in [4.78, 5) is 23.3. The summed E-state index contributed by atoms with van der Waals surface area (Å²) in [6.45, 7) is 0. The monoisotopic (exact) mass is 180 g/mol. The lowest BCUT2D eigenvalue weighted by molar-refractivity contribution is -0.133. The van der Waals surface area contributed by atoms with E-state index in [4.69, 9.17) is 0 Å². The maximum absolute atomic E-state index is 11.7. The Kier molecular flexibility index (Phi) is 2.47. The number of ketones is 2. The fraction of sp³-hybridized carbons (Fsp3) is 0.818. The molecule has 2 rings (SSSR count). The summed E-state index contributed by atoms with van der Waals surface area (Å²) < 4.78 is 0. The Hall–Kier alpha value is -0.660. The first kappa shape index (κ1) is 8.92. The molecule has 0 aliphatic heterocycles. The minimum Gasteiger partial charge on any atom is -0.299 e. The van der Waals surface area contributed by atoms with Crippen LogP contribution in [0.1, 0.15) is 44.9 Å². The summed E-state index contributed by atoms with van der Waals surface area (Å²) in [6.07, 6.45) is 6.71. The lowest BCUT2D eigenvalue weighted by atomic mass is 9.92. The molecule has 0 aromatic carbocycles. The van der Waals surface area contributed by atoms with Crippen molar-refractivity contribution in [2.24, 2.45) is 11.8 Å². The van der Waals surface area contributed by atoms with Crippen molar-refractivity contribution in [2.75, 3.05) is 0 Å². The molecule has 1 unspecified atom stereocenters. The molecule has 0 aromatic rings. The van der Waals surface area contributed by atoms with Gasteiger partial charge in [-0.1, -0.05) is 12.8 Å². The SMILES string of the molecule is O=C1CCCCCC1C(=O)C1CC1. The van der Waals surface area contributed by atoms with E-state index < -0.39 is 0 Å². The molecule has 2 fully saturated rings. The molecule has 2 heteroatoms. The van der Waals surface area contributed by atoms with E-state index >= 15 is 0 Å². The largest absolute Gasteiger partial charge is 0.299 e. The summed E-state index contributed by atoms with van der Waals surface area (Å²) in [7, 11) is 0. The molecule has 2 aliphatic rings. The van der Waals surface area contributed by atoms with Gasteiger partial charge in [0, 0.05) is 12.3 Å². The number of carbonyl (C=O) groups excluding carboxylic acids is 2. The van der Waals surface area contributed by atoms with Crippen LogP contribution in [0.4, 0.5) is 0 Å². The van der Waals surface area contributed by atoms with Crippen LogP contribution in [0.3, 0.4) is 0 Å². The van der Waals surface area contributed by atoms with Gasteiger partial charge in [-0.2, -0.15) is 0 Å². The average molecular weight is 180 g/mol. The Bertz CT molecular complexity index is 228. The Balaban J connectivity index is 2.01. The minimum absolute atomic E-state index is 0.213. The second-order valence-electron chi connectivity index (χ2n) is 4.29. The average Bonchev–Trinajstić information content (AvgIpc) is 2.89. The molecule has 1 atom stereocenters. The Morgan fingerprint density at radius 2 is 1.85 bits per heavy atom. The number of rotatable bonds is 2. The molecule has 0 aromatic heterocycles. The summed E-state index contributed by atoms with van der Waals surface area (Å²) >= 11 is 0. The number of Topliss-reactive ketones (excluding diaryl/α,β-unsaturated/α-hetero) is 2. The van der Waals surface area contributed by atoms with E-state index in [-0.39, 0.29) is 23.4 Å². The summed E-state index contributed by atoms with van der Waals surface area (Å²) in [5, 5.41) is 0. The van der Waals surface area contributed by atoms with E-state index in [9.17, 15) is 9.59 Å². The smallest absolute Gasteiger partial charge is 0.146 e. The maximum atomic E-state index is 11.7. The maximum Gasteiger partial charge on any atom is 0.146 e. The number of hydrogen-bond donors (Lipinski definition) is 0. The zero-order chi connectivity index (χ0) is 9.26. The first-order valence-electron chi connectivity index (χ1n) is 5.35. The predicted molar refractivity (Wildman–Crippen MR) is 49.3 cm³/mol. The van der Waals surface area contributed by atoms with Crippen LogP contribution in [0, 0.1) is 11.8 Å². The van der Waals surface area contributed by atoms with Crippen LogP contribution < -0.4 is 0 Å². The van der Waals surface area contributed by atoms with Crippen LogP contribution >= 0.6 is 0 Å². The van der Waals surface area contributed by atoms with Crippen molar-refractivity contribution in [1.82, 2.24) is 0 Å². The highest BCUT2D eigenvalue weighted by atomic mass is 16.2. The predicted octanol–water partition coefficient (Wildman–Crippen LogP) is 2.11. The van der Waals surface area contributed by atoms with Crippen LogP contribution in [0.25, 0.3) is 0 Å². The third-order valence-electron chi connectivity index (χ3n) is 3.13. The Morgan fingerprint density at radius 3 is 2.54 bits per heavy atom. The molecule has 0 saturated heterocycles. The van der Waals surface area contributed by atoms with Crippen LogP contribution in [-0.4, -0.2) is 11.6 Å². The van der Waals surface area contributed by atoms with E-state index in [1.54, 1.807) is 0 Å². The zero-order valence-corrected chi connectivity index (χ0v) is 7.92. The molecular weight excluding hydrogens is 164 g/mol. The summed E-state index contributed by atoms with van der Waals surface area (Å²) in [5.74, 6) is 0.517. The first-order chi connectivity index (χ1) is 6.29. The molecule has 0 bridgehead atoms. The molecule has 0 heterocycles. The lowest BCUT2D eigenvalue weighted by Gasteiger charge is -2.10. The van der Waals surface area contributed by atoms with Crippen molar-refractivity contribution in [3.8, 4) is 0 Å². The van der Waals surface area contributed by atoms with E-state index in [2.05, 4.69) is 0 Å². The molecule has 0 N–H and O–H groups in total. The summed E-state index contributed by atoms with van der Waals surface area (Å²) in [5.41, 5.74) is 0. The third kappa shape index (κ3) is 1.98. The van der Waals surface area contributed by atoms with Crippen molar-refractivity contribution in [1.29, 1.82) is 0 Å². The topological polar surface area (TPSA) is 34.1 Å². The van der Waals surface area contributed by atoms with Crippen molar-refractivity contribution >= 4 is 11.6 Å². The second-order valence-corrected chi connectivity index (χ2v) is 4.29. The molecule has 2 saturated carbocycles. The van der Waals surface area contributed by atoms with Crippen LogP contribution in [0.15, 0.2) is 0 Å². The minimum atomic E-state index is -0.213. The van der Waals surface area contributed by atoms with Gasteiger partial charge in [-0.3, -0.25) is 9.59 Å². The molecule has 0 spiro atoms. The van der Waals surface area contributed by atoms with E-state index in [1.165, 1.54) is 0 Å².